The molecular weight excluding hydrogens is 234 g/mol. The molecule has 0 atom stereocenters. The Labute approximate surface area is 116 Å². The Morgan fingerprint density at radius 3 is 2.47 bits per heavy atom. The normalized spacial score (nSPS) is 21.7. The molecule has 1 saturated carbocycles. The number of aryl methyl sites for hydroxylation is 1. The zero-order valence-electron chi connectivity index (χ0n) is 11.9. The molecule has 3 rings (SSSR count). The zero-order chi connectivity index (χ0) is 13.2. The fourth-order valence-corrected chi connectivity index (χ4v) is 2.91. The van der Waals surface area contributed by atoms with E-state index in [-0.39, 0.29) is 0 Å². The number of benzene rings is 1. The van der Waals surface area contributed by atoms with Crippen LogP contribution in [0.1, 0.15) is 24.0 Å². The van der Waals surface area contributed by atoms with Crippen molar-refractivity contribution >= 4 is 5.69 Å². The van der Waals surface area contributed by atoms with E-state index in [0.29, 0.717) is 0 Å². The minimum atomic E-state index is 0.936. The third kappa shape index (κ3) is 3.48. The fraction of sp³-hybridized carbons (Fsp3) is 0.625. The molecule has 1 aromatic carbocycles. The van der Waals surface area contributed by atoms with Crippen molar-refractivity contribution in [3.05, 3.63) is 29.3 Å². The Hall–Kier alpha value is -1.06. The molecule has 0 unspecified atom stereocenters. The summed E-state index contributed by atoms with van der Waals surface area (Å²) >= 11 is 0. The van der Waals surface area contributed by atoms with E-state index >= 15 is 0 Å². The topological polar surface area (TPSA) is 32.5 Å². The SMILES string of the molecule is Cc1ccc(N)c(CN2CCN(CC3CC3)CC2)c1. The fourth-order valence-electron chi connectivity index (χ4n) is 2.91. The molecule has 2 fully saturated rings. The number of nitrogen functional groups attached to an aromatic ring is 1. The Morgan fingerprint density at radius 1 is 1.11 bits per heavy atom. The van der Waals surface area contributed by atoms with Gasteiger partial charge in [0.2, 0.25) is 0 Å². The Kier molecular flexibility index (Phi) is 3.76. The van der Waals surface area contributed by atoms with Gasteiger partial charge in [0.25, 0.3) is 0 Å². The summed E-state index contributed by atoms with van der Waals surface area (Å²) in [4.78, 5) is 5.17. The molecule has 0 aromatic heterocycles. The highest BCUT2D eigenvalue weighted by molar-refractivity contribution is 5.48. The average Bonchev–Trinajstić information content (AvgIpc) is 3.20. The van der Waals surface area contributed by atoms with E-state index in [4.69, 9.17) is 5.73 Å². The van der Waals surface area contributed by atoms with Crippen LogP contribution in [0.4, 0.5) is 5.69 Å². The van der Waals surface area contributed by atoms with Gasteiger partial charge in [0.15, 0.2) is 0 Å². The second-order valence-corrected chi connectivity index (χ2v) is 6.22. The van der Waals surface area contributed by atoms with Gasteiger partial charge in [0.05, 0.1) is 0 Å². The molecule has 19 heavy (non-hydrogen) atoms. The van der Waals surface area contributed by atoms with Gasteiger partial charge in [-0.2, -0.15) is 0 Å². The number of anilines is 1. The first kappa shape index (κ1) is 12.9. The first-order valence-electron chi connectivity index (χ1n) is 7.50. The summed E-state index contributed by atoms with van der Waals surface area (Å²) < 4.78 is 0. The number of rotatable bonds is 4. The van der Waals surface area contributed by atoms with Crippen LogP contribution in [0.25, 0.3) is 0 Å². The number of hydrogen-bond donors (Lipinski definition) is 1. The van der Waals surface area contributed by atoms with E-state index in [0.717, 1.165) is 18.2 Å². The predicted octanol–water partition coefficient (Wildman–Crippen LogP) is 2.10. The number of piperazine rings is 1. The number of nitrogens with zero attached hydrogens (tertiary/aromatic N) is 2. The molecule has 3 heteroatoms. The molecule has 0 spiro atoms. The van der Waals surface area contributed by atoms with Crippen molar-refractivity contribution in [3.63, 3.8) is 0 Å². The highest BCUT2D eigenvalue weighted by Crippen LogP contribution is 2.30. The molecule has 2 N–H and O–H groups in total. The first-order chi connectivity index (χ1) is 9.20. The zero-order valence-corrected chi connectivity index (χ0v) is 11.9. The molecule has 3 nitrogen and oxygen atoms in total. The second kappa shape index (κ2) is 5.51. The summed E-state index contributed by atoms with van der Waals surface area (Å²) in [6, 6.07) is 6.35. The van der Waals surface area contributed by atoms with Crippen LogP contribution in [0.3, 0.4) is 0 Å². The van der Waals surface area contributed by atoms with Crippen molar-refractivity contribution in [1.82, 2.24) is 9.80 Å². The summed E-state index contributed by atoms with van der Waals surface area (Å²) in [5, 5.41) is 0. The minimum Gasteiger partial charge on any atom is -0.398 e. The van der Waals surface area contributed by atoms with E-state index in [2.05, 4.69) is 28.9 Å². The van der Waals surface area contributed by atoms with Crippen molar-refractivity contribution in [2.75, 3.05) is 38.5 Å². The van der Waals surface area contributed by atoms with Gasteiger partial charge in [-0.15, -0.1) is 0 Å². The summed E-state index contributed by atoms with van der Waals surface area (Å²) in [5.41, 5.74) is 9.60. The average molecular weight is 259 g/mol. The molecule has 1 heterocycles. The predicted molar refractivity (Wildman–Crippen MR) is 80.0 cm³/mol. The lowest BCUT2D eigenvalue weighted by Gasteiger charge is -2.35. The molecule has 2 aliphatic rings. The smallest absolute Gasteiger partial charge is 0.0359 e. The van der Waals surface area contributed by atoms with Crippen LogP contribution in [-0.2, 0) is 6.54 Å². The number of hydrogen-bond acceptors (Lipinski definition) is 3. The maximum atomic E-state index is 6.07. The van der Waals surface area contributed by atoms with Crippen molar-refractivity contribution in [2.45, 2.75) is 26.3 Å². The van der Waals surface area contributed by atoms with Crippen LogP contribution in [0.2, 0.25) is 0 Å². The standard InChI is InChI=1S/C16H25N3/c1-13-2-5-16(17)15(10-13)12-19-8-6-18(7-9-19)11-14-3-4-14/h2,5,10,14H,3-4,6-9,11-12,17H2,1H3. The highest BCUT2D eigenvalue weighted by atomic mass is 15.3. The van der Waals surface area contributed by atoms with Gasteiger partial charge in [-0.3, -0.25) is 4.90 Å². The Bertz CT molecular complexity index is 432. The van der Waals surface area contributed by atoms with Gasteiger partial charge >= 0.3 is 0 Å². The van der Waals surface area contributed by atoms with Crippen LogP contribution < -0.4 is 5.73 Å². The summed E-state index contributed by atoms with van der Waals surface area (Å²) in [7, 11) is 0. The van der Waals surface area contributed by atoms with Crippen molar-refractivity contribution < 1.29 is 0 Å². The van der Waals surface area contributed by atoms with E-state index in [1.54, 1.807) is 0 Å². The Balaban J connectivity index is 1.52. The minimum absolute atomic E-state index is 0.936. The molecule has 0 amide bonds. The van der Waals surface area contributed by atoms with Gasteiger partial charge in [0, 0.05) is 45.0 Å². The van der Waals surface area contributed by atoms with Gasteiger partial charge in [0.1, 0.15) is 0 Å². The lowest BCUT2D eigenvalue weighted by atomic mass is 10.1. The van der Waals surface area contributed by atoms with Gasteiger partial charge < -0.3 is 10.6 Å². The van der Waals surface area contributed by atoms with E-state index in [9.17, 15) is 0 Å². The summed E-state index contributed by atoms with van der Waals surface area (Å²) in [6.07, 6.45) is 2.92. The maximum absolute atomic E-state index is 6.07. The van der Waals surface area contributed by atoms with Gasteiger partial charge in [-0.1, -0.05) is 17.7 Å². The monoisotopic (exact) mass is 259 g/mol. The first-order valence-corrected chi connectivity index (χ1v) is 7.50. The molecule has 1 aliphatic carbocycles. The molecular formula is C16H25N3. The van der Waals surface area contributed by atoms with Crippen LogP contribution in [0, 0.1) is 12.8 Å². The van der Waals surface area contributed by atoms with Gasteiger partial charge in [-0.25, -0.2) is 0 Å². The van der Waals surface area contributed by atoms with Crippen LogP contribution >= 0.6 is 0 Å². The van der Waals surface area contributed by atoms with Crippen LogP contribution in [0.5, 0.6) is 0 Å². The van der Waals surface area contributed by atoms with E-state index in [1.165, 1.54) is 56.7 Å². The largest absolute Gasteiger partial charge is 0.398 e. The summed E-state index contributed by atoms with van der Waals surface area (Å²) in [6.45, 7) is 9.28. The third-order valence-electron chi connectivity index (χ3n) is 4.37. The molecule has 1 aliphatic heterocycles. The van der Waals surface area contributed by atoms with E-state index in [1.807, 2.05) is 6.07 Å². The van der Waals surface area contributed by atoms with Crippen molar-refractivity contribution in [1.29, 1.82) is 0 Å². The maximum Gasteiger partial charge on any atom is 0.0359 e. The van der Waals surface area contributed by atoms with Gasteiger partial charge in [-0.05, 0) is 37.3 Å². The lowest BCUT2D eigenvalue weighted by molar-refractivity contribution is 0.123. The lowest BCUT2D eigenvalue weighted by Crippen LogP contribution is -2.46. The number of nitrogens with two attached hydrogens (primary N) is 1. The quantitative estimate of drug-likeness (QED) is 0.841. The summed E-state index contributed by atoms with van der Waals surface area (Å²) in [5.74, 6) is 1.01. The second-order valence-electron chi connectivity index (χ2n) is 6.22. The molecule has 0 radical (unpaired) electrons. The van der Waals surface area contributed by atoms with Crippen LogP contribution in [-0.4, -0.2) is 42.5 Å². The highest BCUT2D eigenvalue weighted by Gasteiger charge is 2.26. The molecule has 1 aromatic rings. The molecule has 0 bridgehead atoms. The third-order valence-corrected chi connectivity index (χ3v) is 4.37. The Morgan fingerprint density at radius 2 is 1.79 bits per heavy atom. The van der Waals surface area contributed by atoms with Crippen LogP contribution in [0.15, 0.2) is 18.2 Å². The van der Waals surface area contributed by atoms with E-state index < -0.39 is 0 Å². The van der Waals surface area contributed by atoms with Crippen molar-refractivity contribution in [2.24, 2.45) is 5.92 Å². The molecule has 1 saturated heterocycles. The van der Waals surface area contributed by atoms with Crippen molar-refractivity contribution in [3.8, 4) is 0 Å². The molecule has 104 valence electrons.